The minimum Gasteiger partial charge on any atom is -0.286 e. The van der Waals surface area contributed by atoms with Crippen LogP contribution in [0.25, 0.3) is 0 Å². The largest absolute Gasteiger partial charge is 0.302 e. The SMILES string of the molecule is CCC(CC)c1nnc(N2CC(CS(=O)(=O)F)CC2=O)s1. The number of hydrogen-bond acceptors (Lipinski definition) is 6. The molecule has 6 nitrogen and oxygen atoms in total. The molecule has 1 amide bonds. The lowest BCUT2D eigenvalue weighted by Gasteiger charge is -2.11. The second kappa shape index (κ2) is 6.35. The fraction of sp³-hybridized carbons (Fsp3) is 0.750. The molecule has 9 heteroatoms. The van der Waals surface area contributed by atoms with Crippen molar-refractivity contribution in [3.8, 4) is 0 Å². The molecule has 1 aromatic heterocycles. The Bertz CT molecular complexity index is 613. The second-order valence-electron chi connectivity index (χ2n) is 5.22. The lowest BCUT2D eigenvalue weighted by atomic mass is 10.1. The van der Waals surface area contributed by atoms with E-state index in [2.05, 4.69) is 24.0 Å². The van der Waals surface area contributed by atoms with Gasteiger partial charge in [0.05, 0.1) is 5.75 Å². The highest BCUT2D eigenvalue weighted by Gasteiger charge is 2.35. The average Bonchev–Trinajstić information content (AvgIpc) is 2.96. The molecule has 0 aliphatic carbocycles. The fourth-order valence-electron chi connectivity index (χ4n) is 2.50. The number of nitrogens with zero attached hydrogens (tertiary/aromatic N) is 3. The molecule has 0 spiro atoms. The molecule has 21 heavy (non-hydrogen) atoms. The van der Waals surface area contributed by atoms with Gasteiger partial charge < -0.3 is 0 Å². The van der Waals surface area contributed by atoms with Crippen molar-refractivity contribution in [3.05, 3.63) is 5.01 Å². The van der Waals surface area contributed by atoms with Crippen LogP contribution in [0.15, 0.2) is 0 Å². The highest BCUT2D eigenvalue weighted by molar-refractivity contribution is 7.86. The van der Waals surface area contributed by atoms with E-state index in [0.29, 0.717) is 11.0 Å². The molecule has 0 saturated carbocycles. The van der Waals surface area contributed by atoms with Gasteiger partial charge in [0.15, 0.2) is 0 Å². The van der Waals surface area contributed by atoms with E-state index in [1.54, 1.807) is 0 Å². The van der Waals surface area contributed by atoms with E-state index < -0.39 is 21.9 Å². The monoisotopic (exact) mass is 335 g/mol. The maximum absolute atomic E-state index is 12.7. The van der Waals surface area contributed by atoms with Crippen molar-refractivity contribution in [2.24, 2.45) is 5.92 Å². The molecule has 1 fully saturated rings. The first-order valence-corrected chi connectivity index (χ1v) is 9.27. The summed E-state index contributed by atoms with van der Waals surface area (Å²) in [7, 11) is -4.56. The fourth-order valence-corrected chi connectivity index (χ4v) is 4.42. The highest BCUT2D eigenvalue weighted by atomic mass is 32.3. The van der Waals surface area contributed by atoms with Crippen LogP contribution >= 0.6 is 11.3 Å². The molecule has 0 aromatic carbocycles. The predicted molar refractivity (Wildman–Crippen MR) is 78.6 cm³/mol. The van der Waals surface area contributed by atoms with Crippen molar-refractivity contribution in [2.75, 3.05) is 17.2 Å². The maximum atomic E-state index is 12.7. The smallest absolute Gasteiger partial charge is 0.286 e. The number of carbonyl (C=O) groups is 1. The third-order valence-electron chi connectivity index (χ3n) is 3.64. The number of anilines is 1. The third-order valence-corrected chi connectivity index (χ3v) is 5.61. The summed E-state index contributed by atoms with van der Waals surface area (Å²) in [6.45, 7) is 4.32. The van der Waals surface area contributed by atoms with Gasteiger partial charge in [0.2, 0.25) is 11.0 Å². The molecule has 2 heterocycles. The molecular formula is C12H18FN3O3S2. The summed E-state index contributed by atoms with van der Waals surface area (Å²) in [5, 5.41) is 9.50. The van der Waals surface area contributed by atoms with Crippen molar-refractivity contribution < 1.29 is 17.1 Å². The van der Waals surface area contributed by atoms with Crippen LogP contribution in [-0.2, 0) is 15.0 Å². The molecular weight excluding hydrogens is 317 g/mol. The van der Waals surface area contributed by atoms with Crippen LogP contribution < -0.4 is 4.90 Å². The minimum atomic E-state index is -4.56. The molecule has 1 aliphatic rings. The second-order valence-corrected chi connectivity index (χ2v) is 7.61. The molecule has 0 N–H and O–H groups in total. The molecule has 1 aliphatic heterocycles. The molecule has 0 bridgehead atoms. The van der Waals surface area contributed by atoms with E-state index in [1.807, 2.05) is 0 Å². The van der Waals surface area contributed by atoms with E-state index in [4.69, 9.17) is 0 Å². The summed E-state index contributed by atoms with van der Waals surface area (Å²) >= 11 is 1.35. The molecule has 0 radical (unpaired) electrons. The molecule has 118 valence electrons. The van der Waals surface area contributed by atoms with Crippen LogP contribution in [-0.4, -0.2) is 36.8 Å². The Kier molecular flexibility index (Phi) is 4.92. The van der Waals surface area contributed by atoms with Gasteiger partial charge in [0, 0.05) is 24.8 Å². The number of rotatable bonds is 6. The summed E-state index contributed by atoms with van der Waals surface area (Å²) in [5.74, 6) is -1.05. The van der Waals surface area contributed by atoms with Crippen LogP contribution in [0.2, 0.25) is 0 Å². The van der Waals surface area contributed by atoms with Crippen LogP contribution in [0, 0.1) is 5.92 Å². The molecule has 2 rings (SSSR count). The molecule has 1 saturated heterocycles. The van der Waals surface area contributed by atoms with Crippen molar-refractivity contribution in [3.63, 3.8) is 0 Å². The van der Waals surface area contributed by atoms with Crippen LogP contribution in [0.5, 0.6) is 0 Å². The van der Waals surface area contributed by atoms with Crippen molar-refractivity contribution in [1.82, 2.24) is 10.2 Å². The maximum Gasteiger partial charge on any atom is 0.302 e. The first-order valence-electron chi connectivity index (χ1n) is 6.90. The first-order chi connectivity index (χ1) is 9.84. The standard InChI is InChI=1S/C12H18FN3O3S2/c1-3-9(4-2)11-14-15-12(20-11)16-6-8(5-10(16)17)7-21(13,18)19/h8-9H,3-7H2,1-2H3. The van der Waals surface area contributed by atoms with Crippen LogP contribution in [0.1, 0.15) is 44.0 Å². The molecule has 1 unspecified atom stereocenters. The Balaban J connectivity index is 2.10. The van der Waals surface area contributed by atoms with Gasteiger partial charge in [-0.05, 0) is 12.8 Å². The van der Waals surface area contributed by atoms with Crippen molar-refractivity contribution >= 4 is 32.6 Å². The number of aromatic nitrogens is 2. The summed E-state index contributed by atoms with van der Waals surface area (Å²) in [6, 6.07) is 0. The Morgan fingerprint density at radius 1 is 1.38 bits per heavy atom. The zero-order valence-electron chi connectivity index (χ0n) is 12.0. The van der Waals surface area contributed by atoms with E-state index in [-0.39, 0.29) is 18.9 Å². The van der Waals surface area contributed by atoms with Crippen LogP contribution in [0.4, 0.5) is 9.02 Å². The number of amides is 1. The number of halogens is 1. The van der Waals surface area contributed by atoms with Crippen molar-refractivity contribution in [1.29, 1.82) is 0 Å². The van der Waals surface area contributed by atoms with Gasteiger partial charge >= 0.3 is 10.2 Å². The normalized spacial score (nSPS) is 19.7. The summed E-state index contributed by atoms with van der Waals surface area (Å²) < 4.78 is 34.1. The van der Waals surface area contributed by atoms with Gasteiger partial charge in [-0.2, -0.15) is 8.42 Å². The minimum absolute atomic E-state index is 0.0308. The van der Waals surface area contributed by atoms with Crippen LogP contribution in [0.3, 0.4) is 0 Å². The van der Waals surface area contributed by atoms with Gasteiger partial charge in [-0.25, -0.2) is 0 Å². The van der Waals surface area contributed by atoms with Gasteiger partial charge in [0.25, 0.3) is 0 Å². The zero-order valence-corrected chi connectivity index (χ0v) is 13.6. The first kappa shape index (κ1) is 16.3. The van der Waals surface area contributed by atoms with E-state index >= 15 is 0 Å². The highest BCUT2D eigenvalue weighted by Crippen LogP contribution is 2.33. The Morgan fingerprint density at radius 2 is 2.05 bits per heavy atom. The Hall–Kier alpha value is -1.09. The van der Waals surface area contributed by atoms with E-state index in [1.165, 1.54) is 16.2 Å². The Morgan fingerprint density at radius 3 is 2.62 bits per heavy atom. The third kappa shape index (κ3) is 3.97. The predicted octanol–water partition coefficient (Wildman–Crippen LogP) is 2.09. The summed E-state index contributed by atoms with van der Waals surface area (Å²) in [6.07, 6.45) is 1.92. The number of hydrogen-bond donors (Lipinski definition) is 0. The molecule has 1 aromatic rings. The summed E-state index contributed by atoms with van der Waals surface area (Å²) in [5.41, 5.74) is 0. The molecule has 1 atom stereocenters. The van der Waals surface area contributed by atoms with Gasteiger partial charge in [-0.1, -0.05) is 25.2 Å². The Labute approximate surface area is 127 Å². The van der Waals surface area contributed by atoms with Crippen molar-refractivity contribution in [2.45, 2.75) is 39.0 Å². The van der Waals surface area contributed by atoms with Gasteiger partial charge in [-0.15, -0.1) is 14.1 Å². The zero-order chi connectivity index (χ0) is 15.6. The lowest BCUT2D eigenvalue weighted by molar-refractivity contribution is -0.117. The van der Waals surface area contributed by atoms with E-state index in [0.717, 1.165) is 17.8 Å². The van der Waals surface area contributed by atoms with E-state index in [9.17, 15) is 17.1 Å². The topological polar surface area (TPSA) is 80.2 Å². The number of carbonyl (C=O) groups excluding carboxylic acids is 1. The summed E-state index contributed by atoms with van der Waals surface area (Å²) in [4.78, 5) is 13.4. The van der Waals surface area contributed by atoms with Gasteiger partial charge in [-0.3, -0.25) is 9.69 Å². The average molecular weight is 335 g/mol. The van der Waals surface area contributed by atoms with Gasteiger partial charge in [0.1, 0.15) is 5.01 Å². The lowest BCUT2D eigenvalue weighted by Crippen LogP contribution is -2.25. The quantitative estimate of drug-likeness (QED) is 0.744.